The molecule has 0 bridgehead atoms. The maximum atomic E-state index is 12.0. The molecule has 2 N–H and O–H groups in total. The first-order valence-electron chi connectivity index (χ1n) is 5.23. The zero-order valence-electron chi connectivity index (χ0n) is 8.52. The molecule has 0 radical (unpaired) electrons. The number of aromatic amines is 1. The maximum absolute atomic E-state index is 12.0. The zero-order chi connectivity index (χ0) is 10.7. The molecule has 1 saturated heterocycles. The van der Waals surface area contributed by atoms with Crippen LogP contribution in [0.5, 0.6) is 0 Å². The van der Waals surface area contributed by atoms with E-state index in [1.165, 1.54) is 12.5 Å². The number of imidazole rings is 1. The highest BCUT2D eigenvalue weighted by Gasteiger charge is 2.27. The van der Waals surface area contributed by atoms with E-state index in [1.54, 1.807) is 4.90 Å². The third-order valence-corrected chi connectivity index (χ3v) is 2.83. The lowest BCUT2D eigenvalue weighted by Crippen LogP contribution is -2.45. The molecule has 0 aromatic carbocycles. The lowest BCUT2D eigenvalue weighted by Gasteiger charge is -2.34. The van der Waals surface area contributed by atoms with Crippen molar-refractivity contribution in [3.8, 4) is 0 Å². The van der Waals surface area contributed by atoms with Gasteiger partial charge in [-0.2, -0.15) is 0 Å². The number of carbonyl (C=O) groups excluding carboxylic acids is 1. The molecule has 1 aromatic rings. The van der Waals surface area contributed by atoms with Crippen LogP contribution in [0.4, 0.5) is 0 Å². The molecule has 15 heavy (non-hydrogen) atoms. The van der Waals surface area contributed by atoms with Crippen molar-refractivity contribution in [1.29, 1.82) is 0 Å². The molecular weight excluding hydrogens is 194 g/mol. The lowest BCUT2D eigenvalue weighted by atomic mass is 10.0. The Balaban J connectivity index is 2.11. The first kappa shape index (κ1) is 10.2. The van der Waals surface area contributed by atoms with Crippen LogP contribution in [-0.4, -0.2) is 45.1 Å². The number of likely N-dealkylation sites (tertiary alicyclic amines) is 1. The van der Waals surface area contributed by atoms with Gasteiger partial charge in [0.25, 0.3) is 5.91 Å². The molecule has 1 fully saturated rings. The number of carbonyl (C=O) groups is 1. The van der Waals surface area contributed by atoms with Crippen molar-refractivity contribution < 1.29 is 9.90 Å². The molecule has 0 saturated carbocycles. The van der Waals surface area contributed by atoms with Crippen molar-refractivity contribution in [2.45, 2.75) is 25.3 Å². The number of piperidine rings is 1. The fourth-order valence-electron chi connectivity index (χ4n) is 1.99. The van der Waals surface area contributed by atoms with Gasteiger partial charge < -0.3 is 15.0 Å². The molecule has 2 rings (SSSR count). The Hall–Kier alpha value is -1.36. The summed E-state index contributed by atoms with van der Waals surface area (Å²) in [5.74, 6) is -0.0637. The van der Waals surface area contributed by atoms with Crippen molar-refractivity contribution in [2.24, 2.45) is 0 Å². The summed E-state index contributed by atoms with van der Waals surface area (Å²) in [5, 5.41) is 9.19. The van der Waals surface area contributed by atoms with Crippen LogP contribution < -0.4 is 0 Å². The first-order chi connectivity index (χ1) is 7.33. The Kier molecular flexibility index (Phi) is 3.01. The summed E-state index contributed by atoms with van der Waals surface area (Å²) in [6.45, 7) is 0.767. The van der Waals surface area contributed by atoms with Crippen molar-refractivity contribution in [3.63, 3.8) is 0 Å². The SMILES string of the molecule is O=C(c1cnc[nH]1)N1CCCCC1CO. The van der Waals surface area contributed by atoms with Gasteiger partial charge in [0.2, 0.25) is 0 Å². The first-order valence-corrected chi connectivity index (χ1v) is 5.23. The minimum atomic E-state index is -0.0637. The van der Waals surface area contributed by atoms with E-state index < -0.39 is 0 Å². The number of nitrogens with zero attached hydrogens (tertiary/aromatic N) is 2. The predicted octanol–water partition coefficient (Wildman–Crippen LogP) is 0.397. The number of rotatable bonds is 2. The molecular formula is C10H15N3O2. The molecule has 1 aliphatic rings. The molecule has 2 heterocycles. The predicted molar refractivity (Wildman–Crippen MR) is 54.3 cm³/mol. The van der Waals surface area contributed by atoms with Gasteiger partial charge in [0.15, 0.2) is 0 Å². The summed E-state index contributed by atoms with van der Waals surface area (Å²) in [6, 6.07) is -0.0328. The average molecular weight is 209 g/mol. The van der Waals surface area contributed by atoms with Gasteiger partial charge in [0.1, 0.15) is 5.69 Å². The summed E-state index contributed by atoms with van der Waals surface area (Å²) in [5.41, 5.74) is 0.496. The molecule has 1 unspecified atom stereocenters. The summed E-state index contributed by atoms with van der Waals surface area (Å²) < 4.78 is 0. The second kappa shape index (κ2) is 4.44. The van der Waals surface area contributed by atoms with Crippen molar-refractivity contribution in [3.05, 3.63) is 18.2 Å². The second-order valence-electron chi connectivity index (χ2n) is 3.80. The van der Waals surface area contributed by atoms with E-state index in [1.807, 2.05) is 0 Å². The number of amides is 1. The highest BCUT2D eigenvalue weighted by Crippen LogP contribution is 2.18. The molecule has 82 valence electrons. The summed E-state index contributed by atoms with van der Waals surface area (Å²) in [4.78, 5) is 20.3. The smallest absolute Gasteiger partial charge is 0.272 e. The third kappa shape index (κ3) is 2.02. The standard InChI is InChI=1S/C10H15N3O2/c14-6-8-3-1-2-4-13(8)10(15)9-5-11-7-12-9/h5,7-8,14H,1-4,6H2,(H,11,12). The van der Waals surface area contributed by atoms with E-state index in [2.05, 4.69) is 9.97 Å². The van der Waals surface area contributed by atoms with E-state index in [0.29, 0.717) is 5.69 Å². The normalized spacial score (nSPS) is 21.7. The molecule has 0 aliphatic carbocycles. The monoisotopic (exact) mass is 209 g/mol. The Bertz CT molecular complexity index is 323. The van der Waals surface area contributed by atoms with Crippen LogP contribution in [0.25, 0.3) is 0 Å². The minimum absolute atomic E-state index is 0.0328. The van der Waals surface area contributed by atoms with Crippen LogP contribution in [0.3, 0.4) is 0 Å². The molecule has 1 amide bonds. The van der Waals surface area contributed by atoms with Gasteiger partial charge in [-0.05, 0) is 19.3 Å². The van der Waals surface area contributed by atoms with Crippen LogP contribution in [0.2, 0.25) is 0 Å². The Labute approximate surface area is 88.1 Å². The van der Waals surface area contributed by atoms with Gasteiger partial charge in [0, 0.05) is 6.54 Å². The average Bonchev–Trinajstić information content (AvgIpc) is 2.81. The number of aliphatic hydroxyl groups is 1. The van der Waals surface area contributed by atoms with Crippen LogP contribution in [0.1, 0.15) is 29.8 Å². The number of nitrogens with one attached hydrogen (secondary N) is 1. The number of H-pyrrole nitrogens is 1. The molecule has 1 aromatic heterocycles. The highest BCUT2D eigenvalue weighted by atomic mass is 16.3. The fraction of sp³-hybridized carbons (Fsp3) is 0.600. The third-order valence-electron chi connectivity index (χ3n) is 2.83. The van der Waals surface area contributed by atoms with Crippen LogP contribution >= 0.6 is 0 Å². The number of hydrogen-bond acceptors (Lipinski definition) is 3. The van der Waals surface area contributed by atoms with Crippen molar-refractivity contribution in [2.75, 3.05) is 13.2 Å². The number of hydrogen-bond donors (Lipinski definition) is 2. The van der Waals surface area contributed by atoms with E-state index in [4.69, 9.17) is 0 Å². The number of aliphatic hydroxyl groups excluding tert-OH is 1. The lowest BCUT2D eigenvalue weighted by molar-refractivity contribution is 0.0498. The zero-order valence-corrected chi connectivity index (χ0v) is 8.52. The molecule has 1 aliphatic heterocycles. The fourth-order valence-corrected chi connectivity index (χ4v) is 1.99. The van der Waals surface area contributed by atoms with Gasteiger partial charge >= 0.3 is 0 Å². The summed E-state index contributed by atoms with van der Waals surface area (Å²) in [6.07, 6.45) is 5.99. The van der Waals surface area contributed by atoms with Crippen LogP contribution in [-0.2, 0) is 0 Å². The summed E-state index contributed by atoms with van der Waals surface area (Å²) in [7, 11) is 0. The molecule has 1 atom stereocenters. The Morgan fingerprint density at radius 1 is 1.67 bits per heavy atom. The quantitative estimate of drug-likeness (QED) is 0.740. The molecule has 0 spiro atoms. The molecule has 5 heteroatoms. The van der Waals surface area contributed by atoms with Gasteiger partial charge in [-0.15, -0.1) is 0 Å². The Morgan fingerprint density at radius 2 is 2.53 bits per heavy atom. The van der Waals surface area contributed by atoms with Gasteiger partial charge in [0.05, 0.1) is 25.2 Å². The number of aromatic nitrogens is 2. The van der Waals surface area contributed by atoms with Gasteiger partial charge in [-0.1, -0.05) is 0 Å². The van der Waals surface area contributed by atoms with E-state index in [0.717, 1.165) is 25.8 Å². The van der Waals surface area contributed by atoms with E-state index >= 15 is 0 Å². The minimum Gasteiger partial charge on any atom is -0.394 e. The molecule has 5 nitrogen and oxygen atoms in total. The summed E-state index contributed by atoms with van der Waals surface area (Å²) >= 11 is 0. The highest BCUT2D eigenvalue weighted by molar-refractivity contribution is 5.92. The largest absolute Gasteiger partial charge is 0.394 e. The van der Waals surface area contributed by atoms with Gasteiger partial charge in [-0.3, -0.25) is 4.79 Å². The van der Waals surface area contributed by atoms with E-state index in [9.17, 15) is 9.90 Å². The van der Waals surface area contributed by atoms with Crippen LogP contribution in [0, 0.1) is 0 Å². The van der Waals surface area contributed by atoms with E-state index in [-0.39, 0.29) is 18.6 Å². The maximum Gasteiger partial charge on any atom is 0.272 e. The van der Waals surface area contributed by atoms with Gasteiger partial charge in [-0.25, -0.2) is 4.98 Å². The second-order valence-corrected chi connectivity index (χ2v) is 3.80. The van der Waals surface area contributed by atoms with Crippen LogP contribution in [0.15, 0.2) is 12.5 Å². The Morgan fingerprint density at radius 3 is 3.20 bits per heavy atom. The van der Waals surface area contributed by atoms with Crippen molar-refractivity contribution >= 4 is 5.91 Å². The van der Waals surface area contributed by atoms with Crippen molar-refractivity contribution in [1.82, 2.24) is 14.9 Å². The topological polar surface area (TPSA) is 69.2 Å².